The highest BCUT2D eigenvalue weighted by Gasteiger charge is 2.33. The fourth-order valence-electron chi connectivity index (χ4n) is 3.75. The molecule has 0 unspecified atom stereocenters. The van der Waals surface area contributed by atoms with Gasteiger partial charge in [0.15, 0.2) is 0 Å². The number of benzene rings is 2. The van der Waals surface area contributed by atoms with Crippen LogP contribution in [-0.4, -0.2) is 36.3 Å². The molecule has 1 aliphatic rings. The maximum Gasteiger partial charge on any atom is 0.243 e. The molecule has 0 aliphatic carbocycles. The molecule has 0 spiro atoms. The van der Waals surface area contributed by atoms with Gasteiger partial charge in [0.1, 0.15) is 23.7 Å². The smallest absolute Gasteiger partial charge is 0.243 e. The number of rotatable bonds is 6. The summed E-state index contributed by atoms with van der Waals surface area (Å²) in [5.74, 6) is -3.08. The normalized spacial score (nSPS) is 19.6. The van der Waals surface area contributed by atoms with E-state index in [2.05, 4.69) is 16.0 Å². The fraction of sp³-hybridized carbons (Fsp3) is 0.348. The van der Waals surface area contributed by atoms with Gasteiger partial charge in [-0.15, -0.1) is 0 Å². The van der Waals surface area contributed by atoms with Gasteiger partial charge in [-0.1, -0.05) is 30.3 Å². The molecule has 31 heavy (non-hydrogen) atoms. The monoisotopic (exact) mass is 429 g/mol. The summed E-state index contributed by atoms with van der Waals surface area (Å²) in [4.78, 5) is 37.5. The number of carbonyl (C=O) groups excluding carboxylic acids is 3. The second-order valence-electron chi connectivity index (χ2n) is 7.68. The van der Waals surface area contributed by atoms with Gasteiger partial charge in [-0.05, 0) is 43.0 Å². The van der Waals surface area contributed by atoms with Crippen LogP contribution in [0.25, 0.3) is 0 Å². The predicted molar refractivity (Wildman–Crippen MR) is 111 cm³/mol. The lowest BCUT2D eigenvalue weighted by Crippen LogP contribution is -2.54. The number of hydrogen-bond acceptors (Lipinski definition) is 3. The van der Waals surface area contributed by atoms with Gasteiger partial charge in [-0.25, -0.2) is 8.78 Å². The topological polar surface area (TPSA) is 87.3 Å². The molecule has 3 N–H and O–H groups in total. The van der Waals surface area contributed by atoms with Gasteiger partial charge in [0.2, 0.25) is 17.7 Å². The zero-order valence-electron chi connectivity index (χ0n) is 17.2. The van der Waals surface area contributed by atoms with Crippen molar-refractivity contribution in [1.29, 1.82) is 0 Å². The number of amides is 3. The van der Waals surface area contributed by atoms with E-state index in [-0.39, 0.29) is 23.8 Å². The first-order valence-electron chi connectivity index (χ1n) is 10.2. The highest BCUT2D eigenvalue weighted by Crippen LogP contribution is 2.27. The molecule has 1 saturated heterocycles. The van der Waals surface area contributed by atoms with Crippen molar-refractivity contribution in [3.05, 3.63) is 71.3 Å². The second-order valence-corrected chi connectivity index (χ2v) is 7.68. The van der Waals surface area contributed by atoms with Crippen LogP contribution in [0.1, 0.15) is 36.8 Å². The van der Waals surface area contributed by atoms with Crippen LogP contribution in [0, 0.1) is 11.6 Å². The Labute approximate surface area is 179 Å². The van der Waals surface area contributed by atoms with Crippen LogP contribution in [0.15, 0.2) is 48.5 Å². The summed E-state index contributed by atoms with van der Waals surface area (Å²) >= 11 is 0. The van der Waals surface area contributed by atoms with E-state index in [1.165, 1.54) is 6.92 Å². The van der Waals surface area contributed by atoms with Gasteiger partial charge in [-0.3, -0.25) is 14.4 Å². The largest absolute Gasteiger partial charge is 0.354 e. The van der Waals surface area contributed by atoms with E-state index in [4.69, 9.17) is 0 Å². The highest BCUT2D eigenvalue weighted by atomic mass is 19.1. The zero-order valence-corrected chi connectivity index (χ0v) is 17.2. The van der Waals surface area contributed by atoms with Crippen molar-refractivity contribution in [2.75, 3.05) is 6.54 Å². The maximum atomic E-state index is 13.3. The van der Waals surface area contributed by atoms with Crippen molar-refractivity contribution in [3.8, 4) is 0 Å². The second kappa shape index (κ2) is 10.1. The lowest BCUT2D eigenvalue weighted by molar-refractivity contribution is -0.131. The Morgan fingerprint density at radius 1 is 1.13 bits per heavy atom. The highest BCUT2D eigenvalue weighted by molar-refractivity contribution is 5.92. The fourth-order valence-corrected chi connectivity index (χ4v) is 3.75. The third-order valence-corrected chi connectivity index (χ3v) is 5.26. The molecule has 1 heterocycles. The van der Waals surface area contributed by atoms with E-state index >= 15 is 0 Å². The molecule has 164 valence electrons. The predicted octanol–water partition coefficient (Wildman–Crippen LogP) is 2.19. The van der Waals surface area contributed by atoms with Crippen LogP contribution in [0.2, 0.25) is 0 Å². The first-order chi connectivity index (χ1) is 14.8. The summed E-state index contributed by atoms with van der Waals surface area (Å²) in [6.45, 7) is 2.02. The van der Waals surface area contributed by atoms with Crippen LogP contribution in [-0.2, 0) is 20.8 Å². The Kier molecular flexibility index (Phi) is 7.33. The van der Waals surface area contributed by atoms with E-state index in [1.807, 2.05) is 30.3 Å². The van der Waals surface area contributed by atoms with Gasteiger partial charge >= 0.3 is 0 Å². The minimum atomic E-state index is -0.932. The molecule has 0 bridgehead atoms. The van der Waals surface area contributed by atoms with Gasteiger partial charge in [0, 0.05) is 18.5 Å². The minimum absolute atomic E-state index is 0.162. The lowest BCUT2D eigenvalue weighted by Gasteiger charge is -2.26. The lowest BCUT2D eigenvalue weighted by atomic mass is 9.87. The first kappa shape index (κ1) is 22.4. The van der Waals surface area contributed by atoms with E-state index in [0.29, 0.717) is 6.54 Å². The van der Waals surface area contributed by atoms with E-state index in [0.717, 1.165) is 36.6 Å². The minimum Gasteiger partial charge on any atom is -0.354 e. The zero-order chi connectivity index (χ0) is 22.4. The Morgan fingerprint density at radius 2 is 1.81 bits per heavy atom. The third kappa shape index (κ3) is 6.10. The van der Waals surface area contributed by atoms with Crippen LogP contribution >= 0.6 is 0 Å². The molecule has 1 fully saturated rings. The van der Waals surface area contributed by atoms with E-state index < -0.39 is 35.5 Å². The molecule has 2 aromatic carbocycles. The van der Waals surface area contributed by atoms with Crippen molar-refractivity contribution in [2.45, 2.75) is 44.2 Å². The molecule has 3 rings (SSSR count). The summed E-state index contributed by atoms with van der Waals surface area (Å²) in [5, 5.41) is 8.08. The van der Waals surface area contributed by atoms with Crippen molar-refractivity contribution >= 4 is 17.7 Å². The molecule has 2 aromatic rings. The van der Waals surface area contributed by atoms with Crippen LogP contribution < -0.4 is 16.0 Å². The van der Waals surface area contributed by atoms with Crippen LogP contribution in [0.3, 0.4) is 0 Å². The summed E-state index contributed by atoms with van der Waals surface area (Å²) in [7, 11) is 0. The summed E-state index contributed by atoms with van der Waals surface area (Å²) in [6.07, 6.45) is 1.23. The van der Waals surface area contributed by atoms with Gasteiger partial charge in [-0.2, -0.15) is 0 Å². The van der Waals surface area contributed by atoms with E-state index in [1.54, 1.807) is 0 Å². The molecule has 3 atom stereocenters. The Bertz CT molecular complexity index is 932. The first-order valence-corrected chi connectivity index (χ1v) is 10.2. The SMILES string of the molecule is C[C@H](NC(=O)Cc1cc(F)cc(F)c1)C(=O)N[C@@H]1C(=O)NCCC[C@H]1c1ccccc1. The Morgan fingerprint density at radius 3 is 2.48 bits per heavy atom. The Hall–Kier alpha value is -3.29. The van der Waals surface area contributed by atoms with Crippen molar-refractivity contribution in [1.82, 2.24) is 16.0 Å². The summed E-state index contributed by atoms with van der Waals surface area (Å²) < 4.78 is 26.6. The average Bonchev–Trinajstić information content (AvgIpc) is 2.89. The molecule has 0 saturated carbocycles. The quantitative estimate of drug-likeness (QED) is 0.658. The molecule has 0 aromatic heterocycles. The van der Waals surface area contributed by atoms with Gasteiger partial charge in [0.25, 0.3) is 0 Å². The van der Waals surface area contributed by atoms with Crippen molar-refractivity contribution < 1.29 is 23.2 Å². The third-order valence-electron chi connectivity index (χ3n) is 5.26. The summed E-state index contributed by atoms with van der Waals surface area (Å²) in [6, 6.07) is 10.6. The molecule has 8 heteroatoms. The van der Waals surface area contributed by atoms with Crippen molar-refractivity contribution in [2.24, 2.45) is 0 Å². The number of hydrogen-bond donors (Lipinski definition) is 3. The van der Waals surface area contributed by atoms with Gasteiger partial charge in [0.05, 0.1) is 6.42 Å². The average molecular weight is 429 g/mol. The maximum absolute atomic E-state index is 13.3. The van der Waals surface area contributed by atoms with Crippen LogP contribution in [0.5, 0.6) is 0 Å². The number of carbonyl (C=O) groups is 3. The molecule has 6 nitrogen and oxygen atoms in total. The van der Waals surface area contributed by atoms with E-state index in [9.17, 15) is 23.2 Å². The molecular formula is C23H25F2N3O3. The summed E-state index contributed by atoms with van der Waals surface area (Å²) in [5.41, 5.74) is 1.12. The number of halogens is 2. The molecular weight excluding hydrogens is 404 g/mol. The molecule has 3 amide bonds. The molecule has 1 aliphatic heterocycles. The van der Waals surface area contributed by atoms with Gasteiger partial charge < -0.3 is 16.0 Å². The van der Waals surface area contributed by atoms with Crippen molar-refractivity contribution in [3.63, 3.8) is 0 Å². The Balaban J connectivity index is 1.64. The standard InChI is InChI=1S/C23H25F2N3O3/c1-14(27-20(29)12-15-10-17(24)13-18(25)11-15)22(30)28-21-19(8-5-9-26-23(21)31)16-6-3-2-4-7-16/h2-4,6-7,10-11,13-14,19,21H,5,8-9,12H2,1H3,(H,26,31)(H,27,29)(H,28,30)/t14-,19-,21-/m0/s1. The van der Waals surface area contributed by atoms with Crippen LogP contribution in [0.4, 0.5) is 8.78 Å². The number of nitrogens with one attached hydrogen (secondary N) is 3. The molecule has 0 radical (unpaired) electrons.